The van der Waals surface area contributed by atoms with E-state index in [1.807, 2.05) is 0 Å². The third kappa shape index (κ3) is 3.57. The smallest absolute Gasteiger partial charge is 0.344 e. The fourth-order valence-corrected chi connectivity index (χ4v) is 3.71. The van der Waals surface area contributed by atoms with Crippen molar-refractivity contribution < 1.29 is 22.4 Å². The molecule has 1 atom stereocenters. The number of halogens is 5. The first kappa shape index (κ1) is 19.4. The van der Waals surface area contributed by atoms with E-state index < -0.39 is 35.3 Å². The van der Waals surface area contributed by atoms with Crippen LogP contribution < -0.4 is 5.32 Å². The number of hydrogen-bond donors (Lipinski definition) is 1. The molecule has 1 N–H and O–H groups in total. The number of benzene rings is 2. The van der Waals surface area contributed by atoms with Gasteiger partial charge in [0.2, 0.25) is 0 Å². The highest BCUT2D eigenvalue weighted by Gasteiger charge is 2.42. The molecule has 1 amide bonds. The van der Waals surface area contributed by atoms with Crippen molar-refractivity contribution in [1.29, 1.82) is 0 Å². The Balaban J connectivity index is 1.68. The predicted octanol–water partition coefficient (Wildman–Crippen LogP) is 4.50. The number of amides is 1. The summed E-state index contributed by atoms with van der Waals surface area (Å²) in [5, 5.41) is 10.1. The lowest BCUT2D eigenvalue weighted by atomic mass is 10.1. The first-order valence-corrected chi connectivity index (χ1v) is 9.00. The molecule has 29 heavy (non-hydrogen) atoms. The Hall–Kier alpha value is -2.94. The molecule has 0 spiro atoms. The molecule has 0 bridgehead atoms. The van der Waals surface area contributed by atoms with Gasteiger partial charge in [-0.05, 0) is 54.3 Å². The van der Waals surface area contributed by atoms with E-state index >= 15 is 0 Å². The monoisotopic (exact) mass is 424 g/mol. The zero-order valence-corrected chi connectivity index (χ0v) is 15.4. The minimum atomic E-state index is -4.90. The number of hydrogen-bond acceptors (Lipinski definition) is 3. The van der Waals surface area contributed by atoms with E-state index in [0.29, 0.717) is 22.5 Å². The van der Waals surface area contributed by atoms with Gasteiger partial charge < -0.3 is 5.32 Å². The second kappa shape index (κ2) is 7.14. The van der Waals surface area contributed by atoms with Gasteiger partial charge in [0.05, 0.1) is 11.7 Å². The van der Waals surface area contributed by atoms with Gasteiger partial charge in [-0.2, -0.15) is 13.2 Å². The topological polar surface area (TPSA) is 59.8 Å². The zero-order valence-electron chi connectivity index (χ0n) is 14.7. The normalized spacial score (nSPS) is 16.0. The number of rotatable bonds is 3. The van der Waals surface area contributed by atoms with Crippen LogP contribution >= 0.6 is 11.6 Å². The van der Waals surface area contributed by atoms with Crippen LogP contribution in [0.15, 0.2) is 42.5 Å². The molecule has 1 aromatic heterocycles. The number of carbonyl (C=O) groups excluding carboxylic acids is 1. The molecule has 0 fully saturated rings. The number of carbonyl (C=O) groups is 1. The van der Waals surface area contributed by atoms with Crippen LogP contribution in [0.1, 0.15) is 39.8 Å². The van der Waals surface area contributed by atoms with Gasteiger partial charge in [-0.1, -0.05) is 28.9 Å². The largest absolute Gasteiger partial charge is 0.435 e. The van der Waals surface area contributed by atoms with Gasteiger partial charge in [0.15, 0.2) is 11.4 Å². The van der Waals surface area contributed by atoms with Crippen molar-refractivity contribution in [2.24, 2.45) is 0 Å². The van der Waals surface area contributed by atoms with Crippen LogP contribution in [-0.2, 0) is 12.6 Å². The van der Waals surface area contributed by atoms with Crippen molar-refractivity contribution in [3.8, 4) is 5.69 Å². The predicted molar refractivity (Wildman–Crippen MR) is 96.3 cm³/mol. The summed E-state index contributed by atoms with van der Waals surface area (Å²) in [6.07, 6.45) is -3.78. The van der Waals surface area contributed by atoms with Crippen LogP contribution in [0.5, 0.6) is 0 Å². The number of alkyl halides is 3. The van der Waals surface area contributed by atoms with Crippen LogP contribution in [0.3, 0.4) is 0 Å². The lowest BCUT2D eigenvalue weighted by molar-refractivity contribution is -0.143. The van der Waals surface area contributed by atoms with E-state index in [1.165, 1.54) is 0 Å². The minimum absolute atomic E-state index is 0.0664. The maximum Gasteiger partial charge on any atom is 0.435 e. The molecule has 1 aliphatic carbocycles. The fourth-order valence-electron chi connectivity index (χ4n) is 3.44. The molecule has 0 saturated carbocycles. The zero-order chi connectivity index (χ0) is 20.8. The average molecular weight is 425 g/mol. The molecule has 0 radical (unpaired) electrons. The Morgan fingerprint density at radius 3 is 2.59 bits per heavy atom. The average Bonchev–Trinajstić information content (AvgIpc) is 3.28. The molecule has 0 saturated heterocycles. The molecule has 2 aromatic carbocycles. The standard InChI is InChI=1S/C19H13ClF4N4O/c20-14-3-1-2-13-12(14)8-9-15(13)25-18(29)16-17(19(22,23)24)28(27-26-16)11-6-4-10(21)5-7-11/h1-7,15H,8-9H2,(H,25,29). The van der Waals surface area contributed by atoms with Gasteiger partial charge in [0, 0.05) is 5.02 Å². The van der Waals surface area contributed by atoms with Gasteiger partial charge >= 0.3 is 6.18 Å². The summed E-state index contributed by atoms with van der Waals surface area (Å²) in [4.78, 5) is 12.6. The first-order chi connectivity index (χ1) is 13.8. The Morgan fingerprint density at radius 1 is 1.17 bits per heavy atom. The molecule has 1 aliphatic rings. The van der Waals surface area contributed by atoms with Gasteiger partial charge in [0.1, 0.15) is 5.82 Å². The first-order valence-electron chi connectivity index (χ1n) is 8.62. The van der Waals surface area contributed by atoms with Crippen molar-refractivity contribution in [3.05, 3.63) is 75.8 Å². The second-order valence-corrected chi connectivity index (χ2v) is 6.95. The fraction of sp³-hybridized carbons (Fsp3) is 0.211. The minimum Gasteiger partial charge on any atom is -0.344 e. The van der Waals surface area contributed by atoms with E-state index in [1.54, 1.807) is 18.2 Å². The summed E-state index contributed by atoms with van der Waals surface area (Å²) in [7, 11) is 0. The van der Waals surface area contributed by atoms with Crippen LogP contribution in [0.25, 0.3) is 5.69 Å². The highest BCUT2D eigenvalue weighted by atomic mass is 35.5. The highest BCUT2D eigenvalue weighted by molar-refractivity contribution is 6.31. The molecular formula is C19H13ClF4N4O. The van der Waals surface area contributed by atoms with Crippen molar-refractivity contribution in [2.75, 3.05) is 0 Å². The molecule has 1 unspecified atom stereocenters. The van der Waals surface area contributed by atoms with Gasteiger partial charge in [-0.3, -0.25) is 4.79 Å². The summed E-state index contributed by atoms with van der Waals surface area (Å²) in [6, 6.07) is 8.98. The summed E-state index contributed by atoms with van der Waals surface area (Å²) >= 11 is 6.14. The van der Waals surface area contributed by atoms with Crippen molar-refractivity contribution in [2.45, 2.75) is 25.1 Å². The lowest BCUT2D eigenvalue weighted by Gasteiger charge is -2.15. The van der Waals surface area contributed by atoms with E-state index in [9.17, 15) is 22.4 Å². The Labute approximate surface area is 167 Å². The molecule has 0 aliphatic heterocycles. The number of nitrogens with one attached hydrogen (secondary N) is 1. The van der Waals surface area contributed by atoms with E-state index in [-0.39, 0.29) is 5.69 Å². The van der Waals surface area contributed by atoms with E-state index in [4.69, 9.17) is 11.6 Å². The van der Waals surface area contributed by atoms with Crippen molar-refractivity contribution >= 4 is 17.5 Å². The summed E-state index contributed by atoms with van der Waals surface area (Å²) in [5.74, 6) is -1.61. The van der Waals surface area contributed by atoms with Gasteiger partial charge in [0.25, 0.3) is 5.91 Å². The lowest BCUT2D eigenvalue weighted by Crippen LogP contribution is -2.30. The van der Waals surface area contributed by atoms with Crippen LogP contribution in [0.4, 0.5) is 17.6 Å². The summed E-state index contributed by atoms with van der Waals surface area (Å²) in [6.45, 7) is 0. The molecule has 3 aromatic rings. The molecule has 10 heteroatoms. The maximum absolute atomic E-state index is 13.7. The SMILES string of the molecule is O=C(NC1CCc2c(Cl)cccc21)c1nnn(-c2ccc(F)cc2)c1C(F)(F)F. The number of aromatic nitrogens is 3. The molecule has 150 valence electrons. The highest BCUT2D eigenvalue weighted by Crippen LogP contribution is 2.37. The third-order valence-electron chi connectivity index (χ3n) is 4.74. The Bertz CT molecular complexity index is 1080. The summed E-state index contributed by atoms with van der Waals surface area (Å²) in [5.41, 5.74) is -0.609. The Morgan fingerprint density at radius 2 is 1.90 bits per heavy atom. The maximum atomic E-state index is 13.7. The van der Waals surface area contributed by atoms with Crippen LogP contribution in [0, 0.1) is 5.82 Å². The second-order valence-electron chi connectivity index (χ2n) is 6.54. The number of nitrogens with zero attached hydrogens (tertiary/aromatic N) is 3. The molecular weight excluding hydrogens is 412 g/mol. The molecule has 5 nitrogen and oxygen atoms in total. The van der Waals surface area contributed by atoms with Gasteiger partial charge in [-0.25, -0.2) is 9.07 Å². The van der Waals surface area contributed by atoms with Crippen LogP contribution in [0.2, 0.25) is 5.02 Å². The van der Waals surface area contributed by atoms with Gasteiger partial charge in [-0.15, -0.1) is 5.10 Å². The molecule has 1 heterocycles. The van der Waals surface area contributed by atoms with Crippen molar-refractivity contribution in [1.82, 2.24) is 20.3 Å². The molecule has 4 rings (SSSR count). The third-order valence-corrected chi connectivity index (χ3v) is 5.10. The van der Waals surface area contributed by atoms with E-state index in [0.717, 1.165) is 35.4 Å². The van der Waals surface area contributed by atoms with Crippen molar-refractivity contribution in [3.63, 3.8) is 0 Å². The van der Waals surface area contributed by atoms with E-state index in [2.05, 4.69) is 15.6 Å². The summed E-state index contributed by atoms with van der Waals surface area (Å²) < 4.78 is 54.7. The number of fused-ring (bicyclic) bond motifs is 1. The Kier molecular flexibility index (Phi) is 4.77. The quantitative estimate of drug-likeness (QED) is 0.630. The van der Waals surface area contributed by atoms with Crippen LogP contribution in [-0.4, -0.2) is 20.9 Å².